The molecule has 0 spiro atoms. The molecular weight excluding hydrogens is 148 g/mol. The summed E-state index contributed by atoms with van der Waals surface area (Å²) >= 11 is 0. The zero-order valence-electron chi connectivity index (χ0n) is 6.69. The number of fused-ring (bicyclic) bond motifs is 1. The highest BCUT2D eigenvalue weighted by atomic mass is 19.3. The van der Waals surface area contributed by atoms with Crippen molar-refractivity contribution in [2.24, 2.45) is 5.92 Å². The van der Waals surface area contributed by atoms with Crippen LogP contribution in [0.3, 0.4) is 0 Å². The lowest BCUT2D eigenvalue weighted by molar-refractivity contribution is -0.0254. The SMILES string of the molecule is CC1C2CCCN2CC1(F)F. The van der Waals surface area contributed by atoms with Gasteiger partial charge in [0.25, 0.3) is 5.92 Å². The fraction of sp³-hybridized carbons (Fsp3) is 1.00. The van der Waals surface area contributed by atoms with Gasteiger partial charge in [0.15, 0.2) is 0 Å². The van der Waals surface area contributed by atoms with Crippen LogP contribution in [0.1, 0.15) is 19.8 Å². The molecule has 0 bridgehead atoms. The first-order chi connectivity index (χ1) is 5.11. The van der Waals surface area contributed by atoms with Crippen molar-refractivity contribution in [1.82, 2.24) is 4.90 Å². The van der Waals surface area contributed by atoms with Gasteiger partial charge in [-0.15, -0.1) is 0 Å². The molecule has 0 aromatic heterocycles. The second-order valence-electron chi connectivity index (χ2n) is 3.73. The highest BCUT2D eigenvalue weighted by Gasteiger charge is 2.52. The van der Waals surface area contributed by atoms with E-state index in [9.17, 15) is 8.78 Å². The molecule has 0 aromatic carbocycles. The zero-order chi connectivity index (χ0) is 8.06. The Morgan fingerprint density at radius 2 is 2.18 bits per heavy atom. The quantitative estimate of drug-likeness (QED) is 0.523. The van der Waals surface area contributed by atoms with Crippen molar-refractivity contribution >= 4 is 0 Å². The summed E-state index contributed by atoms with van der Waals surface area (Å²) in [5.74, 6) is -2.85. The lowest BCUT2D eigenvalue weighted by Crippen LogP contribution is -2.27. The first kappa shape index (κ1) is 7.47. The molecule has 64 valence electrons. The van der Waals surface area contributed by atoms with E-state index in [-0.39, 0.29) is 12.6 Å². The molecule has 0 N–H and O–H groups in total. The third kappa shape index (κ3) is 0.975. The first-order valence-corrected chi connectivity index (χ1v) is 4.23. The predicted octanol–water partition coefficient (Wildman–Crippen LogP) is 1.74. The second-order valence-corrected chi connectivity index (χ2v) is 3.73. The maximum absolute atomic E-state index is 13.0. The number of alkyl halides is 2. The van der Waals surface area contributed by atoms with Crippen molar-refractivity contribution in [1.29, 1.82) is 0 Å². The Morgan fingerprint density at radius 1 is 1.45 bits per heavy atom. The number of rotatable bonds is 0. The highest BCUT2D eigenvalue weighted by molar-refractivity contribution is 4.98. The lowest BCUT2D eigenvalue weighted by Gasteiger charge is -2.16. The minimum absolute atomic E-state index is 0.00116. The fourth-order valence-corrected chi connectivity index (χ4v) is 2.31. The minimum Gasteiger partial charge on any atom is -0.294 e. The summed E-state index contributed by atoms with van der Waals surface area (Å²) in [7, 11) is 0. The van der Waals surface area contributed by atoms with E-state index in [2.05, 4.69) is 0 Å². The fourth-order valence-electron chi connectivity index (χ4n) is 2.31. The van der Waals surface area contributed by atoms with E-state index in [0.29, 0.717) is 0 Å². The molecule has 0 aliphatic carbocycles. The molecule has 2 rings (SSSR count). The van der Waals surface area contributed by atoms with Gasteiger partial charge in [0.2, 0.25) is 0 Å². The van der Waals surface area contributed by atoms with Crippen LogP contribution in [0.25, 0.3) is 0 Å². The first-order valence-electron chi connectivity index (χ1n) is 4.23. The lowest BCUT2D eigenvalue weighted by atomic mass is 9.98. The molecule has 11 heavy (non-hydrogen) atoms. The van der Waals surface area contributed by atoms with Crippen LogP contribution < -0.4 is 0 Å². The highest BCUT2D eigenvalue weighted by Crippen LogP contribution is 2.41. The van der Waals surface area contributed by atoms with Crippen LogP contribution in [0.15, 0.2) is 0 Å². The van der Waals surface area contributed by atoms with Crippen molar-refractivity contribution < 1.29 is 8.78 Å². The Hall–Kier alpha value is -0.180. The molecule has 2 aliphatic heterocycles. The molecular formula is C8H13F2N. The summed E-state index contributed by atoms with van der Waals surface area (Å²) in [6.45, 7) is 2.55. The summed E-state index contributed by atoms with van der Waals surface area (Å²) in [5, 5.41) is 0. The van der Waals surface area contributed by atoms with Crippen LogP contribution in [0.5, 0.6) is 0 Å². The van der Waals surface area contributed by atoms with Gasteiger partial charge in [-0.25, -0.2) is 8.78 Å². The van der Waals surface area contributed by atoms with Gasteiger partial charge in [-0.3, -0.25) is 4.90 Å². The molecule has 3 heteroatoms. The number of hydrogen-bond donors (Lipinski definition) is 0. The number of halogens is 2. The molecule has 1 nitrogen and oxygen atoms in total. The van der Waals surface area contributed by atoms with E-state index >= 15 is 0 Å². The summed E-state index contributed by atoms with van der Waals surface area (Å²) in [4.78, 5) is 1.94. The molecule has 0 aromatic rings. The van der Waals surface area contributed by atoms with E-state index < -0.39 is 11.8 Å². The Balaban J connectivity index is 2.17. The Bertz CT molecular complexity index is 169. The van der Waals surface area contributed by atoms with Crippen molar-refractivity contribution in [3.05, 3.63) is 0 Å². The Labute approximate surface area is 65.4 Å². The molecule has 0 saturated carbocycles. The van der Waals surface area contributed by atoms with E-state index in [1.165, 1.54) is 0 Å². The molecule has 0 amide bonds. The van der Waals surface area contributed by atoms with Crippen LogP contribution in [-0.2, 0) is 0 Å². The predicted molar refractivity (Wildman–Crippen MR) is 38.7 cm³/mol. The van der Waals surface area contributed by atoms with Gasteiger partial charge in [0.1, 0.15) is 0 Å². The van der Waals surface area contributed by atoms with E-state index in [1.54, 1.807) is 6.92 Å². The Kier molecular flexibility index (Phi) is 1.46. The third-order valence-electron chi connectivity index (χ3n) is 3.07. The molecule has 2 unspecified atom stereocenters. The average molecular weight is 161 g/mol. The van der Waals surface area contributed by atoms with Gasteiger partial charge in [-0.05, 0) is 19.4 Å². The van der Waals surface area contributed by atoms with E-state index in [1.807, 2.05) is 4.90 Å². The van der Waals surface area contributed by atoms with Crippen molar-refractivity contribution in [3.8, 4) is 0 Å². The van der Waals surface area contributed by atoms with Crippen LogP contribution in [-0.4, -0.2) is 30.0 Å². The number of hydrogen-bond acceptors (Lipinski definition) is 1. The monoisotopic (exact) mass is 161 g/mol. The van der Waals surface area contributed by atoms with E-state index in [4.69, 9.17) is 0 Å². The van der Waals surface area contributed by atoms with Gasteiger partial charge in [-0.1, -0.05) is 6.92 Å². The smallest absolute Gasteiger partial charge is 0.264 e. The molecule has 2 heterocycles. The summed E-state index contributed by atoms with van der Waals surface area (Å²) in [6.07, 6.45) is 2.07. The maximum atomic E-state index is 13.0. The van der Waals surface area contributed by atoms with E-state index in [0.717, 1.165) is 19.4 Å². The molecule has 2 fully saturated rings. The largest absolute Gasteiger partial charge is 0.294 e. The third-order valence-corrected chi connectivity index (χ3v) is 3.07. The molecule has 0 radical (unpaired) electrons. The van der Waals surface area contributed by atoms with Crippen molar-refractivity contribution in [2.45, 2.75) is 31.7 Å². The van der Waals surface area contributed by atoms with Crippen molar-refractivity contribution in [3.63, 3.8) is 0 Å². The molecule has 2 atom stereocenters. The minimum atomic E-state index is -2.43. The standard InChI is InChI=1S/C8H13F2N/c1-6-7-3-2-4-11(7)5-8(6,9)10/h6-7H,2-5H2,1H3. The summed E-state index contributed by atoms with van der Waals surface area (Å²) in [5.41, 5.74) is 0. The van der Waals surface area contributed by atoms with Gasteiger partial charge in [0, 0.05) is 12.0 Å². The van der Waals surface area contributed by atoms with Gasteiger partial charge in [-0.2, -0.15) is 0 Å². The Morgan fingerprint density at radius 3 is 2.82 bits per heavy atom. The van der Waals surface area contributed by atoms with Crippen LogP contribution in [0.4, 0.5) is 8.78 Å². The normalized spacial score (nSPS) is 42.8. The van der Waals surface area contributed by atoms with Crippen molar-refractivity contribution in [2.75, 3.05) is 13.1 Å². The summed E-state index contributed by atoms with van der Waals surface area (Å²) in [6, 6.07) is 0.171. The maximum Gasteiger partial charge on any atom is 0.264 e. The van der Waals surface area contributed by atoms with Gasteiger partial charge >= 0.3 is 0 Å². The second kappa shape index (κ2) is 2.16. The van der Waals surface area contributed by atoms with Gasteiger partial charge < -0.3 is 0 Å². The average Bonchev–Trinajstić information content (AvgIpc) is 2.39. The number of nitrogens with zero attached hydrogens (tertiary/aromatic N) is 1. The summed E-state index contributed by atoms with van der Waals surface area (Å²) < 4.78 is 26.0. The van der Waals surface area contributed by atoms with Gasteiger partial charge in [0.05, 0.1) is 6.54 Å². The topological polar surface area (TPSA) is 3.24 Å². The van der Waals surface area contributed by atoms with Crippen LogP contribution in [0.2, 0.25) is 0 Å². The molecule has 2 aliphatic rings. The van der Waals surface area contributed by atoms with Crippen LogP contribution >= 0.6 is 0 Å². The zero-order valence-corrected chi connectivity index (χ0v) is 6.69. The van der Waals surface area contributed by atoms with Crippen LogP contribution in [0, 0.1) is 5.92 Å². The molecule has 2 saturated heterocycles.